The summed E-state index contributed by atoms with van der Waals surface area (Å²) >= 11 is 0. The Balaban J connectivity index is 1.37. The first-order chi connectivity index (χ1) is 20.0. The molecule has 2 amide bonds. The Morgan fingerprint density at radius 1 is 0.951 bits per heavy atom. The standard InChI is InChI=1S/C32H30N6O3/c1-21-26-19-37(32(39)33-23-13-16-28-29(18-23)41-20-40-28)30(22-11-14-24(15-12-22)35(2)3)27-10-7-17-36(27)31(26)38(34-21)25-8-5-4-6-9-25/h4-18,30H,19-20H2,1-3H3,(H,33,39). The number of aryl methyl sites for hydroxylation is 1. The van der Waals surface area contributed by atoms with E-state index in [1.165, 1.54) is 0 Å². The number of amides is 2. The Kier molecular flexibility index (Phi) is 5.92. The lowest BCUT2D eigenvalue weighted by Gasteiger charge is -2.31. The van der Waals surface area contributed by atoms with E-state index in [2.05, 4.69) is 51.3 Å². The van der Waals surface area contributed by atoms with E-state index in [4.69, 9.17) is 14.6 Å². The van der Waals surface area contributed by atoms with Gasteiger partial charge in [-0.1, -0.05) is 30.3 Å². The number of nitrogens with zero attached hydrogens (tertiary/aromatic N) is 5. The van der Waals surface area contributed by atoms with Crippen molar-refractivity contribution in [3.8, 4) is 23.0 Å². The average Bonchev–Trinajstić information content (AvgIpc) is 3.70. The van der Waals surface area contributed by atoms with E-state index in [-0.39, 0.29) is 18.9 Å². The van der Waals surface area contributed by atoms with Crippen LogP contribution in [0.1, 0.15) is 28.6 Å². The van der Waals surface area contributed by atoms with Gasteiger partial charge in [0.15, 0.2) is 11.5 Å². The van der Waals surface area contributed by atoms with Gasteiger partial charge in [-0.15, -0.1) is 0 Å². The summed E-state index contributed by atoms with van der Waals surface area (Å²) in [7, 11) is 4.04. The molecule has 0 spiro atoms. The van der Waals surface area contributed by atoms with Crippen LogP contribution in [-0.4, -0.2) is 46.2 Å². The van der Waals surface area contributed by atoms with Crippen molar-refractivity contribution >= 4 is 17.4 Å². The number of benzene rings is 3. The van der Waals surface area contributed by atoms with Gasteiger partial charge in [0, 0.05) is 43.3 Å². The van der Waals surface area contributed by atoms with Crippen molar-refractivity contribution in [3.05, 3.63) is 114 Å². The van der Waals surface area contributed by atoms with E-state index in [9.17, 15) is 4.79 Å². The van der Waals surface area contributed by atoms with Gasteiger partial charge in [-0.05, 0) is 61.0 Å². The van der Waals surface area contributed by atoms with E-state index < -0.39 is 0 Å². The summed E-state index contributed by atoms with van der Waals surface area (Å²) in [6.45, 7) is 2.54. The second kappa shape index (κ2) is 9.78. The maximum Gasteiger partial charge on any atom is 0.322 e. The molecule has 9 nitrogen and oxygen atoms in total. The third-order valence-corrected chi connectivity index (χ3v) is 7.70. The molecule has 0 fully saturated rings. The fraction of sp³-hybridized carbons (Fsp3) is 0.188. The van der Waals surface area contributed by atoms with Crippen molar-refractivity contribution in [2.24, 2.45) is 0 Å². The number of carbonyl (C=O) groups is 1. The molecular formula is C32H30N6O3. The summed E-state index contributed by atoms with van der Waals surface area (Å²) in [5.74, 6) is 2.22. The summed E-state index contributed by atoms with van der Waals surface area (Å²) < 4.78 is 15.1. The van der Waals surface area contributed by atoms with Crippen LogP contribution >= 0.6 is 0 Å². The van der Waals surface area contributed by atoms with Crippen molar-refractivity contribution in [3.63, 3.8) is 0 Å². The van der Waals surface area contributed by atoms with E-state index in [0.717, 1.165) is 39.7 Å². The van der Waals surface area contributed by atoms with Crippen LogP contribution in [0.2, 0.25) is 0 Å². The number of hydrogen-bond acceptors (Lipinski definition) is 5. The first-order valence-electron chi connectivity index (χ1n) is 13.5. The quantitative estimate of drug-likeness (QED) is 0.304. The van der Waals surface area contributed by atoms with Crippen molar-refractivity contribution in [1.29, 1.82) is 0 Å². The Hall–Kier alpha value is -5.18. The first-order valence-corrected chi connectivity index (χ1v) is 13.5. The largest absolute Gasteiger partial charge is 0.454 e. The van der Waals surface area contributed by atoms with E-state index in [1.54, 1.807) is 6.07 Å². The Morgan fingerprint density at radius 3 is 2.51 bits per heavy atom. The second-order valence-electron chi connectivity index (χ2n) is 10.5. The monoisotopic (exact) mass is 546 g/mol. The zero-order valence-corrected chi connectivity index (χ0v) is 23.1. The van der Waals surface area contributed by atoms with Crippen LogP contribution in [0.4, 0.5) is 16.2 Å². The summed E-state index contributed by atoms with van der Waals surface area (Å²) in [4.78, 5) is 18.2. The lowest BCUT2D eigenvalue weighted by Crippen LogP contribution is -2.38. The third kappa shape index (κ3) is 4.26. The molecule has 3 aromatic carbocycles. The highest BCUT2D eigenvalue weighted by molar-refractivity contribution is 5.90. The SMILES string of the molecule is Cc1nn(-c2ccccc2)c2c1CN(C(=O)Nc1ccc3c(c1)OCO3)C(c1ccc(N(C)C)cc1)c1cccn1-2. The van der Waals surface area contributed by atoms with Crippen LogP contribution < -0.4 is 19.7 Å². The van der Waals surface area contributed by atoms with Crippen LogP contribution in [0.5, 0.6) is 11.5 Å². The molecule has 7 rings (SSSR count). The molecule has 0 saturated heterocycles. The highest BCUT2D eigenvalue weighted by atomic mass is 16.7. The molecule has 9 heteroatoms. The molecule has 2 aliphatic rings. The number of carbonyl (C=O) groups excluding carboxylic acids is 1. The predicted molar refractivity (Wildman–Crippen MR) is 157 cm³/mol. The van der Waals surface area contributed by atoms with Crippen LogP contribution in [0.25, 0.3) is 11.5 Å². The van der Waals surface area contributed by atoms with Gasteiger partial charge in [0.05, 0.1) is 29.7 Å². The molecule has 1 unspecified atom stereocenters. The van der Waals surface area contributed by atoms with Gasteiger partial charge in [-0.3, -0.25) is 0 Å². The van der Waals surface area contributed by atoms with Gasteiger partial charge in [0.25, 0.3) is 0 Å². The number of rotatable bonds is 4. The number of fused-ring (bicyclic) bond motifs is 4. The zero-order valence-electron chi connectivity index (χ0n) is 23.1. The van der Waals surface area contributed by atoms with Gasteiger partial charge in [-0.2, -0.15) is 5.10 Å². The van der Waals surface area contributed by atoms with Gasteiger partial charge in [-0.25, -0.2) is 9.48 Å². The third-order valence-electron chi connectivity index (χ3n) is 7.70. The molecular weight excluding hydrogens is 516 g/mol. The number of anilines is 2. The minimum atomic E-state index is -0.355. The lowest BCUT2D eigenvalue weighted by atomic mass is 10.0. The first kappa shape index (κ1) is 24.8. The maximum absolute atomic E-state index is 14.2. The van der Waals surface area contributed by atoms with Gasteiger partial charge in [0.1, 0.15) is 5.82 Å². The molecule has 1 N–H and O–H groups in total. The Morgan fingerprint density at radius 2 is 1.73 bits per heavy atom. The Bertz CT molecular complexity index is 1740. The number of para-hydroxylation sites is 1. The van der Waals surface area contributed by atoms with Crippen LogP contribution in [0, 0.1) is 6.92 Å². The van der Waals surface area contributed by atoms with Crippen molar-refractivity contribution in [2.45, 2.75) is 19.5 Å². The normalized spacial score (nSPS) is 15.2. The molecule has 41 heavy (non-hydrogen) atoms. The topological polar surface area (TPSA) is 76.8 Å². The smallest absolute Gasteiger partial charge is 0.322 e. The fourth-order valence-electron chi connectivity index (χ4n) is 5.62. The number of hydrogen-bond donors (Lipinski definition) is 1. The summed E-state index contributed by atoms with van der Waals surface area (Å²) in [5.41, 5.74) is 6.53. The molecule has 2 aliphatic heterocycles. The molecule has 206 valence electrons. The minimum Gasteiger partial charge on any atom is -0.454 e. The lowest BCUT2D eigenvalue weighted by molar-refractivity contribution is 0.174. The molecule has 2 aromatic heterocycles. The molecule has 0 saturated carbocycles. The average molecular weight is 547 g/mol. The van der Waals surface area contributed by atoms with Crippen molar-refractivity contribution in [2.75, 3.05) is 31.1 Å². The van der Waals surface area contributed by atoms with Crippen molar-refractivity contribution < 1.29 is 14.3 Å². The highest BCUT2D eigenvalue weighted by Crippen LogP contribution is 2.40. The summed E-state index contributed by atoms with van der Waals surface area (Å²) in [6, 6.07) is 27.4. The molecule has 0 aliphatic carbocycles. The number of ether oxygens (including phenoxy) is 2. The minimum absolute atomic E-state index is 0.175. The van der Waals surface area contributed by atoms with Crippen LogP contribution in [-0.2, 0) is 6.54 Å². The maximum atomic E-state index is 14.2. The van der Waals surface area contributed by atoms with E-state index >= 15 is 0 Å². The fourth-order valence-corrected chi connectivity index (χ4v) is 5.62. The molecule has 1 atom stereocenters. The van der Waals surface area contributed by atoms with Gasteiger partial charge >= 0.3 is 6.03 Å². The zero-order chi connectivity index (χ0) is 28.1. The van der Waals surface area contributed by atoms with E-state index in [0.29, 0.717) is 23.7 Å². The number of urea groups is 1. The summed E-state index contributed by atoms with van der Waals surface area (Å²) in [6.07, 6.45) is 2.05. The number of nitrogens with one attached hydrogen (secondary N) is 1. The van der Waals surface area contributed by atoms with Gasteiger partial charge < -0.3 is 29.2 Å². The molecule has 5 aromatic rings. The second-order valence-corrected chi connectivity index (χ2v) is 10.5. The molecule has 0 bridgehead atoms. The highest BCUT2D eigenvalue weighted by Gasteiger charge is 2.36. The Labute approximate surface area is 238 Å². The molecule has 0 radical (unpaired) electrons. The van der Waals surface area contributed by atoms with E-state index in [1.807, 2.05) is 79.1 Å². The van der Waals surface area contributed by atoms with Crippen LogP contribution in [0.3, 0.4) is 0 Å². The van der Waals surface area contributed by atoms with Crippen LogP contribution in [0.15, 0.2) is 91.1 Å². The summed E-state index contributed by atoms with van der Waals surface area (Å²) in [5, 5.41) is 8.05. The molecule has 4 heterocycles. The predicted octanol–water partition coefficient (Wildman–Crippen LogP) is 5.90. The van der Waals surface area contributed by atoms with Gasteiger partial charge in [0.2, 0.25) is 6.79 Å². The number of aromatic nitrogens is 3. The van der Waals surface area contributed by atoms with Crippen molar-refractivity contribution in [1.82, 2.24) is 19.2 Å².